The predicted octanol–water partition coefficient (Wildman–Crippen LogP) is 3.60. The lowest BCUT2D eigenvalue weighted by atomic mass is 9.93. The zero-order valence-corrected chi connectivity index (χ0v) is 15.9. The molecule has 144 valence electrons. The summed E-state index contributed by atoms with van der Waals surface area (Å²) in [5.41, 5.74) is 5.86. The maximum absolute atomic E-state index is 12.8. The molecule has 0 heterocycles. The zero-order chi connectivity index (χ0) is 20.0. The molecule has 0 aliphatic carbocycles. The van der Waals surface area contributed by atoms with Crippen molar-refractivity contribution in [2.24, 2.45) is 5.73 Å². The third-order valence-corrected chi connectivity index (χ3v) is 4.70. The van der Waals surface area contributed by atoms with Gasteiger partial charge in [-0.3, -0.25) is 4.79 Å². The van der Waals surface area contributed by atoms with Crippen LogP contribution in [0.25, 0.3) is 10.8 Å². The fraction of sp³-hybridized carbons (Fsp3) is 0.217. The molecule has 3 aromatic rings. The molecule has 2 amide bonds. The molecule has 0 spiro atoms. The van der Waals surface area contributed by atoms with Crippen molar-refractivity contribution in [3.05, 3.63) is 83.9 Å². The van der Waals surface area contributed by atoms with Crippen molar-refractivity contribution in [1.82, 2.24) is 5.32 Å². The van der Waals surface area contributed by atoms with Gasteiger partial charge in [-0.2, -0.15) is 0 Å². The number of nitrogens with two attached hydrogens (primary N) is 1. The third kappa shape index (κ3) is 4.88. The van der Waals surface area contributed by atoms with E-state index in [0.29, 0.717) is 13.0 Å². The molecule has 5 heteroatoms. The molecule has 0 saturated heterocycles. The van der Waals surface area contributed by atoms with Crippen LogP contribution < -0.4 is 11.1 Å². The smallest absolute Gasteiger partial charge is 0.405 e. The van der Waals surface area contributed by atoms with Crippen molar-refractivity contribution in [3.63, 3.8) is 0 Å². The molecule has 5 nitrogen and oxygen atoms in total. The standard InChI is InChI=1S/C23H24N2O3/c1-23(28-22(24)27,21(26)25-14-13-17-7-3-2-4-8-17)16-18-11-12-19-9-5-6-10-20(19)15-18/h2-12,15H,13-14,16H2,1H3,(H2,24,27)(H,25,26). The van der Waals surface area contributed by atoms with E-state index in [2.05, 4.69) is 5.32 Å². The summed E-state index contributed by atoms with van der Waals surface area (Å²) >= 11 is 0. The summed E-state index contributed by atoms with van der Waals surface area (Å²) in [6.07, 6.45) is -0.0471. The highest BCUT2D eigenvalue weighted by molar-refractivity contribution is 5.88. The van der Waals surface area contributed by atoms with Crippen molar-refractivity contribution in [2.45, 2.75) is 25.4 Å². The molecule has 3 N–H and O–H groups in total. The van der Waals surface area contributed by atoms with Gasteiger partial charge in [0.1, 0.15) is 0 Å². The topological polar surface area (TPSA) is 81.4 Å². The summed E-state index contributed by atoms with van der Waals surface area (Å²) in [5, 5.41) is 5.03. The molecule has 1 unspecified atom stereocenters. The Kier molecular flexibility index (Phi) is 5.94. The summed E-state index contributed by atoms with van der Waals surface area (Å²) in [7, 11) is 0. The average molecular weight is 376 g/mol. The van der Waals surface area contributed by atoms with E-state index < -0.39 is 11.7 Å². The van der Waals surface area contributed by atoms with Gasteiger partial charge in [-0.25, -0.2) is 4.79 Å². The van der Waals surface area contributed by atoms with Crippen molar-refractivity contribution < 1.29 is 14.3 Å². The number of amides is 2. The first-order valence-electron chi connectivity index (χ1n) is 9.25. The van der Waals surface area contributed by atoms with Crippen LogP contribution in [-0.2, 0) is 22.4 Å². The minimum atomic E-state index is -1.38. The molecule has 28 heavy (non-hydrogen) atoms. The normalized spacial score (nSPS) is 12.9. The molecule has 1 atom stereocenters. The number of rotatable bonds is 7. The first-order chi connectivity index (χ1) is 13.5. The van der Waals surface area contributed by atoms with E-state index in [4.69, 9.17) is 10.5 Å². The molecule has 0 aliphatic rings. The molecule has 0 aromatic heterocycles. The number of fused-ring (bicyclic) bond motifs is 1. The minimum absolute atomic E-state index is 0.234. The second-order valence-corrected chi connectivity index (χ2v) is 7.00. The highest BCUT2D eigenvalue weighted by Crippen LogP contribution is 2.22. The van der Waals surface area contributed by atoms with Crippen LogP contribution in [-0.4, -0.2) is 24.1 Å². The van der Waals surface area contributed by atoms with E-state index in [1.54, 1.807) is 6.92 Å². The van der Waals surface area contributed by atoms with Gasteiger partial charge >= 0.3 is 6.09 Å². The monoisotopic (exact) mass is 376 g/mol. The van der Waals surface area contributed by atoms with Crippen LogP contribution in [0.2, 0.25) is 0 Å². The van der Waals surface area contributed by atoms with Gasteiger partial charge < -0.3 is 15.8 Å². The van der Waals surface area contributed by atoms with E-state index in [-0.39, 0.29) is 12.3 Å². The van der Waals surface area contributed by atoms with Crippen LogP contribution in [0, 0.1) is 0 Å². The Hall–Kier alpha value is -3.34. The number of carbonyl (C=O) groups is 2. The van der Waals surface area contributed by atoms with E-state index >= 15 is 0 Å². The van der Waals surface area contributed by atoms with Gasteiger partial charge in [0.25, 0.3) is 5.91 Å². The van der Waals surface area contributed by atoms with Gasteiger partial charge in [-0.05, 0) is 35.2 Å². The first-order valence-corrected chi connectivity index (χ1v) is 9.25. The number of hydrogen-bond donors (Lipinski definition) is 2. The van der Waals surface area contributed by atoms with Crippen LogP contribution >= 0.6 is 0 Å². The largest absolute Gasteiger partial charge is 0.433 e. The lowest BCUT2D eigenvalue weighted by Crippen LogP contribution is -2.50. The average Bonchev–Trinajstić information content (AvgIpc) is 2.68. The van der Waals surface area contributed by atoms with Gasteiger partial charge in [0.05, 0.1) is 0 Å². The highest BCUT2D eigenvalue weighted by Gasteiger charge is 2.37. The maximum atomic E-state index is 12.8. The summed E-state index contributed by atoms with van der Waals surface area (Å²) in [6, 6.07) is 23.7. The second kappa shape index (κ2) is 8.57. The number of hydrogen-bond acceptors (Lipinski definition) is 3. The van der Waals surface area contributed by atoms with Crippen LogP contribution in [0.5, 0.6) is 0 Å². The number of ether oxygens (including phenoxy) is 1. The molecule has 0 saturated carbocycles. The van der Waals surface area contributed by atoms with Crippen LogP contribution in [0.15, 0.2) is 72.8 Å². The fourth-order valence-electron chi connectivity index (χ4n) is 3.28. The van der Waals surface area contributed by atoms with Crippen LogP contribution in [0.3, 0.4) is 0 Å². The van der Waals surface area contributed by atoms with Crippen LogP contribution in [0.4, 0.5) is 4.79 Å². The molecular weight excluding hydrogens is 352 g/mol. The van der Waals surface area contributed by atoms with Gasteiger partial charge in [-0.15, -0.1) is 0 Å². The predicted molar refractivity (Wildman–Crippen MR) is 110 cm³/mol. The lowest BCUT2D eigenvalue weighted by molar-refractivity contribution is -0.138. The third-order valence-electron chi connectivity index (χ3n) is 4.70. The molecule has 0 bridgehead atoms. The Morgan fingerprint density at radius 3 is 2.32 bits per heavy atom. The van der Waals surface area contributed by atoms with E-state index in [1.165, 1.54) is 0 Å². The second-order valence-electron chi connectivity index (χ2n) is 7.00. The summed E-state index contributed by atoms with van der Waals surface area (Å²) in [6.45, 7) is 2.03. The lowest BCUT2D eigenvalue weighted by Gasteiger charge is -2.27. The maximum Gasteiger partial charge on any atom is 0.405 e. The summed E-state index contributed by atoms with van der Waals surface area (Å²) < 4.78 is 5.25. The van der Waals surface area contributed by atoms with Gasteiger partial charge in [0.2, 0.25) is 0 Å². The Morgan fingerprint density at radius 2 is 1.61 bits per heavy atom. The van der Waals surface area contributed by atoms with Gasteiger partial charge in [0, 0.05) is 13.0 Å². The quantitative estimate of drug-likeness (QED) is 0.661. The Morgan fingerprint density at radius 1 is 0.929 bits per heavy atom. The molecule has 3 rings (SSSR count). The highest BCUT2D eigenvalue weighted by atomic mass is 16.6. The summed E-state index contributed by atoms with van der Waals surface area (Å²) in [5.74, 6) is -0.365. The first kappa shape index (κ1) is 19.4. The van der Waals surface area contributed by atoms with Gasteiger partial charge in [0.15, 0.2) is 5.60 Å². The molecule has 0 fully saturated rings. The number of benzene rings is 3. The summed E-state index contributed by atoms with van der Waals surface area (Å²) in [4.78, 5) is 24.3. The number of carbonyl (C=O) groups excluding carboxylic acids is 2. The van der Waals surface area contributed by atoms with E-state index in [0.717, 1.165) is 21.9 Å². The van der Waals surface area contributed by atoms with Crippen molar-refractivity contribution >= 4 is 22.8 Å². The molecule has 0 radical (unpaired) electrons. The van der Waals surface area contributed by atoms with Crippen molar-refractivity contribution in [1.29, 1.82) is 0 Å². The fourth-order valence-corrected chi connectivity index (χ4v) is 3.28. The minimum Gasteiger partial charge on any atom is -0.433 e. The molecular formula is C23H24N2O3. The number of primary amides is 1. The Balaban J connectivity index is 1.72. The van der Waals surface area contributed by atoms with Crippen LogP contribution in [0.1, 0.15) is 18.1 Å². The molecule has 3 aromatic carbocycles. The zero-order valence-electron chi connectivity index (χ0n) is 15.9. The number of nitrogens with one attached hydrogen (secondary N) is 1. The Bertz CT molecular complexity index is 972. The Labute approximate surface area is 164 Å². The van der Waals surface area contributed by atoms with Gasteiger partial charge in [-0.1, -0.05) is 72.8 Å². The van der Waals surface area contributed by atoms with E-state index in [9.17, 15) is 9.59 Å². The molecule has 0 aliphatic heterocycles. The van der Waals surface area contributed by atoms with Crippen molar-refractivity contribution in [3.8, 4) is 0 Å². The van der Waals surface area contributed by atoms with E-state index in [1.807, 2.05) is 72.8 Å². The van der Waals surface area contributed by atoms with Crippen molar-refractivity contribution in [2.75, 3.05) is 6.54 Å². The SMILES string of the molecule is CC(Cc1ccc2ccccc2c1)(OC(N)=O)C(=O)NCCc1ccccc1.